The molecule has 0 fully saturated rings. The van der Waals surface area contributed by atoms with Crippen LogP contribution in [0.2, 0.25) is 0 Å². The summed E-state index contributed by atoms with van der Waals surface area (Å²) in [6, 6.07) is 19.5. The quantitative estimate of drug-likeness (QED) is 0.687. The van der Waals surface area contributed by atoms with Gasteiger partial charge in [0.1, 0.15) is 12.4 Å². The van der Waals surface area contributed by atoms with E-state index in [0.29, 0.717) is 12.2 Å². The zero-order valence-electron chi connectivity index (χ0n) is 14.8. The van der Waals surface area contributed by atoms with Crippen LogP contribution in [-0.4, -0.2) is 24.4 Å². The first-order valence-electron chi connectivity index (χ1n) is 9.03. The molecule has 0 unspecified atom stereocenters. The average Bonchev–Trinajstić information content (AvgIpc) is 3.33. The van der Waals surface area contributed by atoms with Crippen molar-refractivity contribution >= 4 is 6.09 Å². The van der Waals surface area contributed by atoms with Gasteiger partial charge in [0.2, 0.25) is 0 Å². The lowest BCUT2D eigenvalue weighted by atomic mass is 9.98. The van der Waals surface area contributed by atoms with Crippen LogP contribution in [0.5, 0.6) is 0 Å². The minimum atomic E-state index is -0.522. The molecule has 0 bridgehead atoms. The van der Waals surface area contributed by atoms with Crippen molar-refractivity contribution in [2.75, 3.05) is 13.2 Å². The number of nitrogens with one attached hydrogen (secondary N) is 1. The topological polar surface area (TPSA) is 71.7 Å². The van der Waals surface area contributed by atoms with E-state index in [1.54, 1.807) is 18.4 Å². The number of alkyl carbamates (subject to hydrolysis) is 1. The van der Waals surface area contributed by atoms with E-state index in [-0.39, 0.29) is 19.1 Å². The highest BCUT2D eigenvalue weighted by atomic mass is 16.5. The molecule has 1 amide bonds. The fourth-order valence-electron chi connectivity index (χ4n) is 3.69. The van der Waals surface area contributed by atoms with Crippen LogP contribution >= 0.6 is 0 Å². The van der Waals surface area contributed by atoms with Gasteiger partial charge in [-0.1, -0.05) is 48.5 Å². The molecule has 4 rings (SSSR count). The minimum absolute atomic E-state index is 0.0167. The van der Waals surface area contributed by atoms with Gasteiger partial charge in [0.25, 0.3) is 0 Å². The number of aliphatic hydroxyl groups excluding tert-OH is 1. The molecule has 1 heterocycles. The standard InChI is InChI=1S/C22H21NO4/c24-12-11-20(21-10-5-13-26-21)23-22(25)27-14-19-17-8-3-1-6-15(17)16-7-2-4-9-18(16)19/h1-10,13,19-20,24H,11-12,14H2,(H,23,25)/t20-/m1/s1. The number of amides is 1. The summed E-state index contributed by atoms with van der Waals surface area (Å²) in [6.45, 7) is 0.193. The summed E-state index contributed by atoms with van der Waals surface area (Å²) >= 11 is 0. The number of carbonyl (C=O) groups is 1. The Hall–Kier alpha value is -3.05. The molecule has 0 saturated heterocycles. The van der Waals surface area contributed by atoms with Crippen LogP contribution in [0.4, 0.5) is 4.79 Å². The molecule has 27 heavy (non-hydrogen) atoms. The van der Waals surface area contributed by atoms with E-state index in [9.17, 15) is 9.90 Å². The summed E-state index contributed by atoms with van der Waals surface area (Å²) in [5.41, 5.74) is 4.72. The van der Waals surface area contributed by atoms with Gasteiger partial charge in [0, 0.05) is 12.5 Å². The lowest BCUT2D eigenvalue weighted by molar-refractivity contribution is 0.135. The van der Waals surface area contributed by atoms with Crippen molar-refractivity contribution in [1.82, 2.24) is 5.32 Å². The summed E-state index contributed by atoms with van der Waals surface area (Å²) in [5, 5.41) is 12.0. The lowest BCUT2D eigenvalue weighted by Gasteiger charge is -2.18. The summed E-state index contributed by atoms with van der Waals surface area (Å²) in [5.74, 6) is 0.612. The molecule has 0 aliphatic heterocycles. The van der Waals surface area contributed by atoms with Crippen molar-refractivity contribution in [3.8, 4) is 11.1 Å². The molecule has 0 spiro atoms. The number of benzene rings is 2. The summed E-state index contributed by atoms with van der Waals surface area (Å²) < 4.78 is 10.9. The van der Waals surface area contributed by atoms with E-state index in [2.05, 4.69) is 29.6 Å². The Morgan fingerprint density at radius 2 is 1.70 bits per heavy atom. The van der Waals surface area contributed by atoms with Crippen molar-refractivity contribution in [3.63, 3.8) is 0 Å². The lowest BCUT2D eigenvalue weighted by Crippen LogP contribution is -2.30. The number of rotatable bonds is 6. The summed E-state index contributed by atoms with van der Waals surface area (Å²) in [6.07, 6.45) is 1.38. The van der Waals surface area contributed by atoms with Crippen LogP contribution in [-0.2, 0) is 4.74 Å². The molecule has 5 heteroatoms. The van der Waals surface area contributed by atoms with E-state index in [0.717, 1.165) is 0 Å². The van der Waals surface area contributed by atoms with E-state index < -0.39 is 12.1 Å². The highest BCUT2D eigenvalue weighted by Gasteiger charge is 2.29. The first kappa shape index (κ1) is 17.4. The molecule has 1 atom stereocenters. The number of hydrogen-bond donors (Lipinski definition) is 2. The predicted molar refractivity (Wildman–Crippen MR) is 101 cm³/mol. The van der Waals surface area contributed by atoms with Gasteiger partial charge in [-0.15, -0.1) is 0 Å². The van der Waals surface area contributed by atoms with Crippen LogP contribution in [0, 0.1) is 0 Å². The first-order chi connectivity index (χ1) is 13.3. The maximum atomic E-state index is 12.3. The maximum absolute atomic E-state index is 12.3. The molecule has 2 N–H and O–H groups in total. The molecule has 138 valence electrons. The second-order valence-electron chi connectivity index (χ2n) is 6.55. The monoisotopic (exact) mass is 363 g/mol. The Bertz CT molecular complexity index is 874. The zero-order valence-corrected chi connectivity index (χ0v) is 14.8. The van der Waals surface area contributed by atoms with E-state index in [4.69, 9.17) is 9.15 Å². The van der Waals surface area contributed by atoms with Gasteiger partial charge in [-0.25, -0.2) is 4.79 Å². The third-order valence-electron chi connectivity index (χ3n) is 4.94. The second-order valence-corrected chi connectivity index (χ2v) is 6.55. The third kappa shape index (κ3) is 3.46. The smallest absolute Gasteiger partial charge is 0.407 e. The fraction of sp³-hybridized carbons (Fsp3) is 0.227. The first-order valence-corrected chi connectivity index (χ1v) is 9.03. The molecule has 1 aliphatic rings. The Morgan fingerprint density at radius 3 is 2.30 bits per heavy atom. The molecule has 1 aromatic heterocycles. The molecular weight excluding hydrogens is 342 g/mol. The van der Waals surface area contributed by atoms with Gasteiger partial charge >= 0.3 is 6.09 Å². The molecule has 3 aromatic rings. The van der Waals surface area contributed by atoms with Crippen molar-refractivity contribution in [3.05, 3.63) is 83.8 Å². The zero-order chi connectivity index (χ0) is 18.6. The largest absolute Gasteiger partial charge is 0.467 e. The highest BCUT2D eigenvalue weighted by Crippen LogP contribution is 2.44. The van der Waals surface area contributed by atoms with Crippen LogP contribution in [0.25, 0.3) is 11.1 Å². The molecule has 0 saturated carbocycles. The Labute approximate surface area is 157 Å². The van der Waals surface area contributed by atoms with Crippen LogP contribution < -0.4 is 5.32 Å². The SMILES string of the molecule is O=C(N[C@H](CCO)c1ccco1)OCC1c2ccccc2-c2ccccc21. The molecule has 2 aromatic carbocycles. The second kappa shape index (κ2) is 7.68. The minimum Gasteiger partial charge on any atom is -0.467 e. The Kier molecular flexibility index (Phi) is 4.94. The van der Waals surface area contributed by atoms with Gasteiger partial charge in [-0.05, 0) is 40.8 Å². The van der Waals surface area contributed by atoms with Crippen molar-refractivity contribution in [2.45, 2.75) is 18.4 Å². The van der Waals surface area contributed by atoms with E-state index >= 15 is 0 Å². The molecule has 0 radical (unpaired) electrons. The van der Waals surface area contributed by atoms with Crippen molar-refractivity contribution in [1.29, 1.82) is 0 Å². The van der Waals surface area contributed by atoms with Gasteiger partial charge in [-0.3, -0.25) is 0 Å². The molecule has 5 nitrogen and oxygen atoms in total. The number of fused-ring (bicyclic) bond motifs is 3. The van der Waals surface area contributed by atoms with Crippen molar-refractivity contribution in [2.24, 2.45) is 0 Å². The normalized spacial score (nSPS) is 13.7. The maximum Gasteiger partial charge on any atom is 0.407 e. The van der Waals surface area contributed by atoms with Gasteiger partial charge in [0.05, 0.1) is 12.3 Å². The molecular formula is C22H21NO4. The van der Waals surface area contributed by atoms with Crippen LogP contribution in [0.15, 0.2) is 71.3 Å². The number of hydrogen-bond acceptors (Lipinski definition) is 4. The van der Waals surface area contributed by atoms with Crippen molar-refractivity contribution < 1.29 is 19.1 Å². The van der Waals surface area contributed by atoms with E-state index in [1.165, 1.54) is 22.3 Å². The highest BCUT2D eigenvalue weighted by molar-refractivity contribution is 5.79. The molecule has 1 aliphatic carbocycles. The number of ether oxygens (including phenoxy) is 1. The summed E-state index contributed by atoms with van der Waals surface area (Å²) in [4.78, 5) is 12.3. The number of aliphatic hydroxyl groups is 1. The number of carbonyl (C=O) groups excluding carboxylic acids is 1. The predicted octanol–water partition coefficient (Wildman–Crippen LogP) is 4.24. The summed E-state index contributed by atoms with van der Waals surface area (Å²) in [7, 11) is 0. The third-order valence-corrected chi connectivity index (χ3v) is 4.94. The Balaban J connectivity index is 1.46. The average molecular weight is 363 g/mol. The van der Waals surface area contributed by atoms with Crippen LogP contribution in [0.3, 0.4) is 0 Å². The van der Waals surface area contributed by atoms with Gasteiger partial charge in [-0.2, -0.15) is 0 Å². The van der Waals surface area contributed by atoms with E-state index in [1.807, 2.05) is 24.3 Å². The van der Waals surface area contributed by atoms with Gasteiger partial charge < -0.3 is 19.6 Å². The number of furan rings is 1. The fourth-order valence-corrected chi connectivity index (χ4v) is 3.69. The van der Waals surface area contributed by atoms with Gasteiger partial charge in [0.15, 0.2) is 0 Å². The Morgan fingerprint density at radius 1 is 1.04 bits per heavy atom. The van der Waals surface area contributed by atoms with Crippen LogP contribution in [0.1, 0.15) is 35.3 Å².